The summed E-state index contributed by atoms with van der Waals surface area (Å²) in [7, 11) is 0. The van der Waals surface area contributed by atoms with Gasteiger partial charge >= 0.3 is 5.97 Å². The summed E-state index contributed by atoms with van der Waals surface area (Å²) < 4.78 is 5.85. The highest BCUT2D eigenvalue weighted by Gasteiger charge is 2.22. The average molecular weight is 470 g/mol. The number of carbonyl (C=O) groups excluding carboxylic acids is 1. The van der Waals surface area contributed by atoms with Gasteiger partial charge in [-0.05, 0) is 82.1 Å². The van der Waals surface area contributed by atoms with E-state index in [4.69, 9.17) is 4.74 Å². The minimum absolute atomic E-state index is 0.371. The zero-order valence-electron chi connectivity index (χ0n) is 18.2. The van der Waals surface area contributed by atoms with E-state index in [2.05, 4.69) is 10.7 Å². The van der Waals surface area contributed by atoms with E-state index >= 15 is 0 Å². The molecule has 0 aliphatic heterocycles. The van der Waals surface area contributed by atoms with Crippen LogP contribution in [0.25, 0.3) is 11.1 Å². The molecule has 7 heteroatoms. The van der Waals surface area contributed by atoms with Crippen LogP contribution >= 0.6 is 23.1 Å². The van der Waals surface area contributed by atoms with Crippen molar-refractivity contribution in [2.45, 2.75) is 32.6 Å². The van der Waals surface area contributed by atoms with Crippen LogP contribution in [-0.2, 0) is 22.7 Å². The molecule has 0 aliphatic rings. The molecule has 32 heavy (non-hydrogen) atoms. The van der Waals surface area contributed by atoms with Crippen LogP contribution in [0.3, 0.4) is 0 Å². The van der Waals surface area contributed by atoms with Crippen LogP contribution in [0.15, 0.2) is 59.3 Å². The van der Waals surface area contributed by atoms with Crippen molar-refractivity contribution in [3.05, 3.63) is 81.5 Å². The van der Waals surface area contributed by atoms with Gasteiger partial charge in [0, 0.05) is 5.56 Å². The number of hydrogen-bond acceptors (Lipinski definition) is 5. The van der Waals surface area contributed by atoms with E-state index in [-0.39, 0.29) is 5.91 Å². The first-order valence-electron chi connectivity index (χ1n) is 10.3. The zero-order chi connectivity index (χ0) is 22.9. The summed E-state index contributed by atoms with van der Waals surface area (Å²) in [5.74, 6) is -0.756. The molecule has 1 aromatic heterocycles. The molecule has 1 heterocycles. The van der Waals surface area contributed by atoms with Gasteiger partial charge < -0.3 is 15.2 Å². The number of aliphatic carboxylic acids is 1. The van der Waals surface area contributed by atoms with Crippen molar-refractivity contribution in [1.82, 2.24) is 5.32 Å². The Morgan fingerprint density at radius 3 is 2.56 bits per heavy atom. The predicted molar refractivity (Wildman–Crippen MR) is 131 cm³/mol. The summed E-state index contributed by atoms with van der Waals surface area (Å²) in [5.41, 5.74) is 5.29. The molecule has 0 saturated carbocycles. The number of carboxylic acids is 1. The number of thioether (sulfide) groups is 1. The zero-order valence-corrected chi connectivity index (χ0v) is 19.8. The number of thiophene rings is 1. The van der Waals surface area contributed by atoms with Crippen molar-refractivity contribution < 1.29 is 19.4 Å². The SMILES string of the molecule is CSCCC(NC(=O)c1ccc(COCc2ccsc2)cc1-c1ccccc1C)C(=O)O. The second-order valence-corrected chi connectivity index (χ2v) is 9.23. The highest BCUT2D eigenvalue weighted by Crippen LogP contribution is 2.29. The number of rotatable bonds is 11. The van der Waals surface area contributed by atoms with Gasteiger partial charge in [-0.2, -0.15) is 23.1 Å². The number of amides is 1. The van der Waals surface area contributed by atoms with Gasteiger partial charge in [-0.1, -0.05) is 30.3 Å². The Labute approximate surface area is 196 Å². The van der Waals surface area contributed by atoms with Gasteiger partial charge in [-0.15, -0.1) is 0 Å². The third kappa shape index (κ3) is 6.45. The van der Waals surface area contributed by atoms with Gasteiger partial charge in [0.05, 0.1) is 13.2 Å². The Bertz CT molecular complexity index is 1050. The fourth-order valence-corrected chi connectivity index (χ4v) is 4.49. The van der Waals surface area contributed by atoms with E-state index in [1.165, 1.54) is 0 Å². The molecule has 0 spiro atoms. The molecule has 2 N–H and O–H groups in total. The van der Waals surface area contributed by atoms with Crippen LogP contribution in [0.5, 0.6) is 0 Å². The molecule has 5 nitrogen and oxygen atoms in total. The van der Waals surface area contributed by atoms with Gasteiger partial charge in [0.15, 0.2) is 0 Å². The quantitative estimate of drug-likeness (QED) is 0.395. The third-order valence-electron chi connectivity index (χ3n) is 5.10. The van der Waals surface area contributed by atoms with Crippen LogP contribution in [0.1, 0.15) is 33.5 Å². The maximum atomic E-state index is 13.1. The summed E-state index contributed by atoms with van der Waals surface area (Å²) >= 11 is 3.19. The summed E-state index contributed by atoms with van der Waals surface area (Å²) in [6.07, 6.45) is 2.28. The molecule has 3 aromatic rings. The van der Waals surface area contributed by atoms with Gasteiger partial charge in [-0.25, -0.2) is 4.79 Å². The van der Waals surface area contributed by atoms with Crippen molar-refractivity contribution in [1.29, 1.82) is 0 Å². The first-order valence-corrected chi connectivity index (χ1v) is 12.6. The Balaban J connectivity index is 1.86. The Morgan fingerprint density at radius 2 is 1.88 bits per heavy atom. The Morgan fingerprint density at radius 1 is 1.09 bits per heavy atom. The molecule has 0 aliphatic carbocycles. The number of carboxylic acid groups (broad SMARTS) is 1. The summed E-state index contributed by atoms with van der Waals surface area (Å²) in [6, 6.07) is 14.5. The number of ether oxygens (including phenoxy) is 1. The van der Waals surface area contributed by atoms with Gasteiger partial charge in [-0.3, -0.25) is 4.79 Å². The number of carbonyl (C=O) groups is 2. The molecular weight excluding hydrogens is 442 g/mol. The van der Waals surface area contributed by atoms with Crippen LogP contribution in [-0.4, -0.2) is 35.0 Å². The second kappa shape index (κ2) is 11.9. The van der Waals surface area contributed by atoms with E-state index in [1.807, 2.05) is 61.0 Å². The van der Waals surface area contributed by atoms with E-state index in [9.17, 15) is 14.7 Å². The Hall–Kier alpha value is -2.61. The third-order valence-corrected chi connectivity index (χ3v) is 6.47. The smallest absolute Gasteiger partial charge is 0.326 e. The molecule has 1 atom stereocenters. The van der Waals surface area contributed by atoms with E-state index in [0.29, 0.717) is 31.0 Å². The van der Waals surface area contributed by atoms with Crippen LogP contribution < -0.4 is 5.32 Å². The fraction of sp³-hybridized carbons (Fsp3) is 0.280. The highest BCUT2D eigenvalue weighted by molar-refractivity contribution is 7.98. The summed E-state index contributed by atoms with van der Waals surface area (Å²) in [5, 5.41) is 16.3. The molecule has 1 amide bonds. The maximum Gasteiger partial charge on any atom is 0.326 e. The van der Waals surface area contributed by atoms with Crippen molar-refractivity contribution >= 4 is 35.0 Å². The number of nitrogens with one attached hydrogen (secondary N) is 1. The lowest BCUT2D eigenvalue weighted by Gasteiger charge is -2.17. The molecule has 2 aromatic carbocycles. The molecule has 1 unspecified atom stereocenters. The van der Waals surface area contributed by atoms with Crippen LogP contribution in [0.4, 0.5) is 0 Å². The summed E-state index contributed by atoms with van der Waals surface area (Å²) in [6.45, 7) is 2.94. The molecule has 3 rings (SSSR count). The lowest BCUT2D eigenvalue weighted by molar-refractivity contribution is -0.139. The van der Waals surface area contributed by atoms with Crippen LogP contribution in [0.2, 0.25) is 0 Å². The standard InChI is InChI=1S/C25H27NO4S2/c1-17-5-3-4-6-20(17)22-13-18(14-30-15-19-9-12-32-16-19)7-8-21(22)24(27)26-23(25(28)29)10-11-31-2/h3-9,12-13,16,23H,10-11,14-15H2,1-2H3,(H,26,27)(H,28,29). The lowest BCUT2D eigenvalue weighted by atomic mass is 9.93. The molecule has 0 fully saturated rings. The number of aryl methyl sites for hydroxylation is 1. The molecular formula is C25H27NO4S2. The predicted octanol–water partition coefficient (Wildman–Crippen LogP) is 5.38. The minimum Gasteiger partial charge on any atom is -0.480 e. The van der Waals surface area contributed by atoms with Gasteiger partial charge in [0.2, 0.25) is 0 Å². The number of hydrogen-bond donors (Lipinski definition) is 2. The monoisotopic (exact) mass is 469 g/mol. The van der Waals surface area contributed by atoms with Crippen molar-refractivity contribution in [2.75, 3.05) is 12.0 Å². The van der Waals surface area contributed by atoms with Crippen molar-refractivity contribution in [3.8, 4) is 11.1 Å². The Kier molecular flexibility index (Phi) is 8.90. The van der Waals surface area contributed by atoms with Crippen molar-refractivity contribution in [2.24, 2.45) is 0 Å². The van der Waals surface area contributed by atoms with Crippen molar-refractivity contribution in [3.63, 3.8) is 0 Å². The highest BCUT2D eigenvalue weighted by atomic mass is 32.2. The minimum atomic E-state index is -1.02. The van der Waals surface area contributed by atoms with E-state index < -0.39 is 12.0 Å². The molecule has 0 radical (unpaired) electrons. The molecule has 168 valence electrons. The molecule has 0 bridgehead atoms. The van der Waals surface area contributed by atoms with Gasteiger partial charge in [0.25, 0.3) is 5.91 Å². The maximum absolute atomic E-state index is 13.1. The van der Waals surface area contributed by atoms with Gasteiger partial charge in [0.1, 0.15) is 6.04 Å². The second-order valence-electron chi connectivity index (χ2n) is 7.47. The number of benzene rings is 2. The first-order chi connectivity index (χ1) is 15.5. The normalized spacial score (nSPS) is 11.8. The van der Waals surface area contributed by atoms with E-state index in [0.717, 1.165) is 27.8 Å². The first kappa shape index (κ1) is 24.0. The average Bonchev–Trinajstić information content (AvgIpc) is 3.30. The topological polar surface area (TPSA) is 75.6 Å². The fourth-order valence-electron chi connectivity index (χ4n) is 3.37. The van der Waals surface area contributed by atoms with E-state index in [1.54, 1.807) is 29.2 Å². The summed E-state index contributed by atoms with van der Waals surface area (Å²) in [4.78, 5) is 24.7. The van der Waals surface area contributed by atoms with Crippen LogP contribution in [0, 0.1) is 6.92 Å². The largest absolute Gasteiger partial charge is 0.480 e. The lowest BCUT2D eigenvalue weighted by Crippen LogP contribution is -2.41. The molecule has 0 saturated heterocycles.